The molecule has 3 N–H and O–H groups in total. The lowest BCUT2D eigenvalue weighted by molar-refractivity contribution is 0.151. The van der Waals surface area contributed by atoms with Gasteiger partial charge in [-0.3, -0.25) is 0 Å². The molecule has 16 heavy (non-hydrogen) atoms. The highest BCUT2D eigenvalue weighted by Gasteiger charge is 2.27. The Hall–Kier alpha value is -1.07. The molecular weight excluding hydrogens is 224 g/mol. The van der Waals surface area contributed by atoms with Crippen molar-refractivity contribution in [1.29, 1.82) is 0 Å². The van der Waals surface area contributed by atoms with E-state index < -0.39 is 0 Å². The predicted molar refractivity (Wildman–Crippen MR) is 63.5 cm³/mol. The van der Waals surface area contributed by atoms with Crippen LogP contribution >= 0.6 is 11.3 Å². The Morgan fingerprint density at radius 3 is 3.19 bits per heavy atom. The SMILES string of the molecule is CCNC(=O)N[C@@H]1CC[C@@H](O)c2sccc21. The van der Waals surface area contributed by atoms with E-state index in [2.05, 4.69) is 10.6 Å². The molecule has 88 valence electrons. The van der Waals surface area contributed by atoms with Crippen molar-refractivity contribution in [3.63, 3.8) is 0 Å². The molecule has 0 unspecified atom stereocenters. The number of hydrogen-bond donors (Lipinski definition) is 3. The van der Waals surface area contributed by atoms with Crippen molar-refractivity contribution in [2.24, 2.45) is 0 Å². The van der Waals surface area contributed by atoms with Gasteiger partial charge in [-0.05, 0) is 36.8 Å². The molecule has 5 heteroatoms. The summed E-state index contributed by atoms with van der Waals surface area (Å²) in [5, 5.41) is 17.4. The third kappa shape index (κ3) is 2.20. The highest BCUT2D eigenvalue weighted by molar-refractivity contribution is 7.10. The minimum atomic E-state index is -0.359. The van der Waals surface area contributed by atoms with Crippen molar-refractivity contribution in [3.8, 4) is 0 Å². The number of hydrogen-bond acceptors (Lipinski definition) is 3. The van der Waals surface area contributed by atoms with E-state index in [0.717, 1.165) is 16.9 Å². The Bertz CT molecular complexity index is 378. The molecule has 0 spiro atoms. The average Bonchev–Trinajstić information content (AvgIpc) is 2.72. The molecule has 0 aromatic carbocycles. The van der Waals surface area contributed by atoms with Crippen LogP contribution in [-0.4, -0.2) is 17.7 Å². The zero-order valence-corrected chi connectivity index (χ0v) is 10.0. The van der Waals surface area contributed by atoms with Gasteiger partial charge in [0, 0.05) is 11.4 Å². The van der Waals surface area contributed by atoms with Crippen molar-refractivity contribution in [2.75, 3.05) is 6.54 Å². The molecule has 1 aromatic heterocycles. The minimum Gasteiger partial charge on any atom is -0.388 e. The van der Waals surface area contributed by atoms with Crippen molar-refractivity contribution < 1.29 is 9.90 Å². The summed E-state index contributed by atoms with van der Waals surface area (Å²) in [5.41, 5.74) is 1.06. The van der Waals surface area contributed by atoms with Crippen LogP contribution in [0.5, 0.6) is 0 Å². The molecular formula is C11H16N2O2S. The maximum absolute atomic E-state index is 11.4. The number of aliphatic hydroxyl groups is 1. The summed E-state index contributed by atoms with van der Waals surface area (Å²) in [6, 6.07) is 1.89. The van der Waals surface area contributed by atoms with E-state index in [1.54, 1.807) is 11.3 Å². The summed E-state index contributed by atoms with van der Waals surface area (Å²) >= 11 is 1.56. The van der Waals surface area contributed by atoms with Crippen molar-refractivity contribution in [1.82, 2.24) is 10.6 Å². The van der Waals surface area contributed by atoms with E-state index in [1.165, 1.54) is 0 Å². The highest BCUT2D eigenvalue weighted by Crippen LogP contribution is 2.39. The molecule has 1 aliphatic carbocycles. The quantitative estimate of drug-likeness (QED) is 0.739. The maximum atomic E-state index is 11.4. The molecule has 0 saturated carbocycles. The van der Waals surface area contributed by atoms with E-state index >= 15 is 0 Å². The number of urea groups is 1. The first-order valence-corrected chi connectivity index (χ1v) is 6.40. The van der Waals surface area contributed by atoms with Gasteiger partial charge in [0.25, 0.3) is 0 Å². The van der Waals surface area contributed by atoms with Gasteiger partial charge in [0.05, 0.1) is 12.1 Å². The zero-order chi connectivity index (χ0) is 11.5. The van der Waals surface area contributed by atoms with Crippen LogP contribution in [0.3, 0.4) is 0 Å². The Balaban J connectivity index is 2.08. The molecule has 1 aromatic rings. The van der Waals surface area contributed by atoms with Crippen LogP contribution in [-0.2, 0) is 0 Å². The van der Waals surface area contributed by atoms with Crippen LogP contribution in [0, 0.1) is 0 Å². The first-order chi connectivity index (χ1) is 7.72. The van der Waals surface area contributed by atoms with Crippen LogP contribution < -0.4 is 10.6 Å². The van der Waals surface area contributed by atoms with Gasteiger partial charge in [-0.1, -0.05) is 0 Å². The molecule has 0 bridgehead atoms. The largest absolute Gasteiger partial charge is 0.388 e. The number of carbonyl (C=O) groups excluding carboxylic acids is 1. The van der Waals surface area contributed by atoms with Gasteiger partial charge < -0.3 is 15.7 Å². The third-order valence-corrected chi connectivity index (χ3v) is 3.81. The molecule has 0 aliphatic heterocycles. The van der Waals surface area contributed by atoms with E-state index in [1.807, 2.05) is 18.4 Å². The normalized spacial score (nSPS) is 23.6. The second-order valence-electron chi connectivity index (χ2n) is 3.89. The first-order valence-electron chi connectivity index (χ1n) is 5.52. The monoisotopic (exact) mass is 240 g/mol. The van der Waals surface area contributed by atoms with Crippen molar-refractivity contribution in [2.45, 2.75) is 31.9 Å². The van der Waals surface area contributed by atoms with Gasteiger partial charge in [-0.25, -0.2) is 4.79 Å². The molecule has 1 aliphatic rings. The number of carbonyl (C=O) groups is 1. The Morgan fingerprint density at radius 1 is 1.62 bits per heavy atom. The smallest absolute Gasteiger partial charge is 0.315 e. The van der Waals surface area contributed by atoms with Gasteiger partial charge in [0.2, 0.25) is 0 Å². The van der Waals surface area contributed by atoms with Gasteiger partial charge in [-0.2, -0.15) is 0 Å². The number of amides is 2. The van der Waals surface area contributed by atoms with Crippen LogP contribution in [0.25, 0.3) is 0 Å². The molecule has 4 nitrogen and oxygen atoms in total. The number of nitrogens with one attached hydrogen (secondary N) is 2. The van der Waals surface area contributed by atoms with Crippen LogP contribution in [0.4, 0.5) is 4.79 Å². The molecule has 0 saturated heterocycles. The number of fused-ring (bicyclic) bond motifs is 1. The van der Waals surface area contributed by atoms with Gasteiger partial charge in [-0.15, -0.1) is 11.3 Å². The lowest BCUT2D eigenvalue weighted by atomic mass is 9.92. The summed E-state index contributed by atoms with van der Waals surface area (Å²) in [5.74, 6) is 0. The molecule has 0 fully saturated rings. The standard InChI is InChI=1S/C11H16N2O2S/c1-2-12-11(15)13-8-3-4-9(14)10-7(8)5-6-16-10/h5-6,8-9,14H,2-4H2,1H3,(H2,12,13,15)/t8-,9-/m1/s1. The zero-order valence-electron chi connectivity index (χ0n) is 9.19. The second-order valence-corrected chi connectivity index (χ2v) is 4.84. The summed E-state index contributed by atoms with van der Waals surface area (Å²) < 4.78 is 0. The van der Waals surface area contributed by atoms with Gasteiger partial charge in [0.15, 0.2) is 0 Å². The molecule has 0 radical (unpaired) electrons. The fourth-order valence-electron chi connectivity index (χ4n) is 2.02. The first kappa shape index (κ1) is 11.4. The fourth-order valence-corrected chi connectivity index (χ4v) is 3.00. The average molecular weight is 240 g/mol. The lowest BCUT2D eigenvalue weighted by Gasteiger charge is -2.26. The highest BCUT2D eigenvalue weighted by atomic mass is 32.1. The topological polar surface area (TPSA) is 61.4 Å². The lowest BCUT2D eigenvalue weighted by Crippen LogP contribution is -2.39. The van der Waals surface area contributed by atoms with Crippen LogP contribution in [0.1, 0.15) is 42.4 Å². The predicted octanol–water partition coefficient (Wildman–Crippen LogP) is 1.94. The Morgan fingerprint density at radius 2 is 2.44 bits per heavy atom. The molecule has 2 amide bonds. The second kappa shape index (κ2) is 4.84. The van der Waals surface area contributed by atoms with Gasteiger partial charge in [0.1, 0.15) is 0 Å². The molecule has 2 atom stereocenters. The number of thiophene rings is 1. The van der Waals surface area contributed by atoms with Crippen LogP contribution in [0.2, 0.25) is 0 Å². The third-order valence-electron chi connectivity index (χ3n) is 2.78. The Kier molecular flexibility index (Phi) is 3.46. The minimum absolute atomic E-state index is 0.0381. The summed E-state index contributed by atoms with van der Waals surface area (Å²) in [7, 11) is 0. The van der Waals surface area contributed by atoms with Crippen molar-refractivity contribution >= 4 is 17.4 Å². The number of aliphatic hydroxyl groups excluding tert-OH is 1. The Labute approximate surface area is 98.7 Å². The van der Waals surface area contributed by atoms with E-state index in [0.29, 0.717) is 13.0 Å². The van der Waals surface area contributed by atoms with E-state index in [-0.39, 0.29) is 18.2 Å². The van der Waals surface area contributed by atoms with E-state index in [4.69, 9.17) is 0 Å². The van der Waals surface area contributed by atoms with E-state index in [9.17, 15) is 9.90 Å². The summed E-state index contributed by atoms with van der Waals surface area (Å²) in [6.07, 6.45) is 1.15. The van der Waals surface area contributed by atoms with Crippen molar-refractivity contribution in [3.05, 3.63) is 21.9 Å². The van der Waals surface area contributed by atoms with Crippen LogP contribution in [0.15, 0.2) is 11.4 Å². The number of rotatable bonds is 2. The molecule has 1 heterocycles. The van der Waals surface area contributed by atoms with Gasteiger partial charge >= 0.3 is 6.03 Å². The summed E-state index contributed by atoms with van der Waals surface area (Å²) in [6.45, 7) is 2.51. The molecule has 2 rings (SSSR count). The summed E-state index contributed by atoms with van der Waals surface area (Å²) in [4.78, 5) is 12.4. The fraction of sp³-hybridized carbons (Fsp3) is 0.545. The maximum Gasteiger partial charge on any atom is 0.315 e.